The van der Waals surface area contributed by atoms with E-state index >= 15 is 0 Å². The van der Waals surface area contributed by atoms with Crippen molar-refractivity contribution in [3.63, 3.8) is 0 Å². The fourth-order valence-corrected chi connectivity index (χ4v) is 3.52. The molecule has 1 aliphatic rings. The Hall–Kier alpha value is -3.13. The number of rotatable bonds is 5. The van der Waals surface area contributed by atoms with E-state index in [-0.39, 0.29) is 23.7 Å². The highest BCUT2D eigenvalue weighted by Gasteiger charge is 2.25. The maximum Gasteiger partial charge on any atom is 0.285 e. The molecule has 3 rings (SSSR count). The molecule has 0 aliphatic carbocycles. The first-order chi connectivity index (χ1) is 13.9. The molecule has 1 aliphatic heterocycles. The summed E-state index contributed by atoms with van der Waals surface area (Å²) in [5, 5.41) is 14.4. The van der Waals surface area contributed by atoms with Crippen molar-refractivity contribution in [2.45, 2.75) is 6.92 Å². The predicted octanol–water partition coefficient (Wildman–Crippen LogP) is 2.64. The number of halogens is 1. The molecule has 0 saturated carbocycles. The van der Waals surface area contributed by atoms with Crippen LogP contribution < -0.4 is 10.2 Å². The molecule has 0 spiro atoms. The zero-order valence-electron chi connectivity index (χ0n) is 15.9. The lowest BCUT2D eigenvalue weighted by Gasteiger charge is -2.36. The van der Waals surface area contributed by atoms with Crippen LogP contribution in [0.3, 0.4) is 0 Å². The van der Waals surface area contributed by atoms with E-state index in [2.05, 4.69) is 10.2 Å². The normalized spacial score (nSPS) is 13.9. The van der Waals surface area contributed by atoms with Gasteiger partial charge in [-0.15, -0.1) is 0 Å². The molecule has 9 heteroatoms. The van der Waals surface area contributed by atoms with Crippen LogP contribution >= 0.6 is 11.6 Å². The second kappa shape index (κ2) is 8.91. The Labute approximate surface area is 173 Å². The Morgan fingerprint density at radius 2 is 1.83 bits per heavy atom. The summed E-state index contributed by atoms with van der Waals surface area (Å²) in [5.74, 6) is -0.856. The number of nitrogens with one attached hydrogen (secondary N) is 1. The molecular formula is C20H21ClN4O4. The minimum Gasteiger partial charge on any atom is -0.368 e. The summed E-state index contributed by atoms with van der Waals surface area (Å²) in [4.78, 5) is 39.3. The quantitative estimate of drug-likeness (QED) is 0.597. The molecule has 2 amide bonds. The number of aryl methyl sites for hydroxylation is 1. The van der Waals surface area contributed by atoms with E-state index in [9.17, 15) is 19.7 Å². The second-order valence-electron chi connectivity index (χ2n) is 6.76. The van der Waals surface area contributed by atoms with E-state index in [1.165, 1.54) is 6.07 Å². The molecule has 29 heavy (non-hydrogen) atoms. The fourth-order valence-electron chi connectivity index (χ4n) is 3.33. The summed E-state index contributed by atoms with van der Waals surface area (Å²) < 4.78 is 0. The Morgan fingerprint density at radius 3 is 2.48 bits per heavy atom. The fraction of sp³-hybridized carbons (Fsp3) is 0.300. The topological polar surface area (TPSA) is 95.8 Å². The molecule has 2 aromatic carbocycles. The third-order valence-corrected chi connectivity index (χ3v) is 5.11. The van der Waals surface area contributed by atoms with Gasteiger partial charge in [0.25, 0.3) is 11.6 Å². The van der Waals surface area contributed by atoms with Crippen molar-refractivity contribution in [1.29, 1.82) is 0 Å². The van der Waals surface area contributed by atoms with Crippen LogP contribution in [0.25, 0.3) is 0 Å². The first-order valence-electron chi connectivity index (χ1n) is 9.17. The van der Waals surface area contributed by atoms with Crippen LogP contribution in [0.2, 0.25) is 5.02 Å². The van der Waals surface area contributed by atoms with Gasteiger partial charge in [-0.05, 0) is 31.2 Å². The first-order valence-corrected chi connectivity index (χ1v) is 9.55. The smallest absolute Gasteiger partial charge is 0.285 e. The van der Waals surface area contributed by atoms with E-state index in [4.69, 9.17) is 11.6 Å². The number of amides is 2. The van der Waals surface area contributed by atoms with Crippen molar-refractivity contribution < 1.29 is 14.5 Å². The number of hydrogen-bond donors (Lipinski definition) is 1. The lowest BCUT2D eigenvalue weighted by Crippen LogP contribution is -2.51. The Bertz CT molecular complexity index is 942. The lowest BCUT2D eigenvalue weighted by molar-refractivity contribution is -0.385. The molecular weight excluding hydrogens is 396 g/mol. The molecule has 152 valence electrons. The number of anilines is 1. The van der Waals surface area contributed by atoms with Gasteiger partial charge in [-0.3, -0.25) is 19.7 Å². The number of carbonyl (C=O) groups excluding carboxylic acids is 2. The van der Waals surface area contributed by atoms with Gasteiger partial charge < -0.3 is 15.1 Å². The van der Waals surface area contributed by atoms with E-state index in [0.29, 0.717) is 36.8 Å². The van der Waals surface area contributed by atoms with E-state index in [1.54, 1.807) is 24.0 Å². The Balaban J connectivity index is 1.55. The lowest BCUT2D eigenvalue weighted by atomic mass is 10.1. The zero-order valence-corrected chi connectivity index (χ0v) is 16.7. The maximum absolute atomic E-state index is 12.5. The number of benzene rings is 2. The summed E-state index contributed by atoms with van der Waals surface area (Å²) in [7, 11) is 0. The average Bonchev–Trinajstić information content (AvgIpc) is 2.71. The van der Waals surface area contributed by atoms with Crippen LogP contribution in [-0.4, -0.2) is 54.4 Å². The molecule has 0 radical (unpaired) electrons. The zero-order chi connectivity index (χ0) is 21.0. The van der Waals surface area contributed by atoms with E-state index in [0.717, 1.165) is 5.69 Å². The largest absolute Gasteiger partial charge is 0.368 e. The SMILES string of the molecule is Cc1cccc(C(=O)NCC(=O)N2CCN(c3cccc(Cl)c3)CC2)c1[N+](=O)[O-]. The van der Waals surface area contributed by atoms with Crippen LogP contribution in [-0.2, 0) is 4.79 Å². The van der Waals surface area contributed by atoms with Gasteiger partial charge >= 0.3 is 0 Å². The number of carbonyl (C=O) groups is 2. The van der Waals surface area contributed by atoms with Gasteiger partial charge in [0.1, 0.15) is 5.56 Å². The van der Waals surface area contributed by atoms with Gasteiger partial charge in [-0.25, -0.2) is 0 Å². The molecule has 1 N–H and O–H groups in total. The molecule has 0 aromatic heterocycles. The summed E-state index contributed by atoms with van der Waals surface area (Å²) in [6.45, 7) is 3.71. The molecule has 0 bridgehead atoms. The molecule has 8 nitrogen and oxygen atoms in total. The third kappa shape index (κ3) is 4.83. The van der Waals surface area contributed by atoms with E-state index in [1.807, 2.05) is 24.3 Å². The van der Waals surface area contributed by atoms with Crippen molar-refractivity contribution in [3.8, 4) is 0 Å². The third-order valence-electron chi connectivity index (χ3n) is 4.87. The van der Waals surface area contributed by atoms with Crippen LogP contribution in [0.5, 0.6) is 0 Å². The number of para-hydroxylation sites is 1. The highest BCUT2D eigenvalue weighted by atomic mass is 35.5. The molecule has 1 saturated heterocycles. The summed E-state index contributed by atoms with van der Waals surface area (Å²) in [6, 6.07) is 12.1. The number of nitro benzene ring substituents is 1. The van der Waals surface area contributed by atoms with Crippen molar-refractivity contribution >= 4 is 34.8 Å². The van der Waals surface area contributed by atoms with Gasteiger partial charge in [0.05, 0.1) is 11.5 Å². The highest BCUT2D eigenvalue weighted by Crippen LogP contribution is 2.23. The number of nitro groups is 1. The highest BCUT2D eigenvalue weighted by molar-refractivity contribution is 6.30. The minimum absolute atomic E-state index is 0.0476. The summed E-state index contributed by atoms with van der Waals surface area (Å²) in [5.41, 5.74) is 1.11. The van der Waals surface area contributed by atoms with E-state index < -0.39 is 10.8 Å². The van der Waals surface area contributed by atoms with Crippen molar-refractivity contribution in [2.75, 3.05) is 37.6 Å². The minimum atomic E-state index is -0.633. The molecule has 2 aromatic rings. The van der Waals surface area contributed by atoms with Crippen LogP contribution in [0.1, 0.15) is 15.9 Å². The average molecular weight is 417 g/mol. The van der Waals surface area contributed by atoms with Crippen LogP contribution in [0, 0.1) is 17.0 Å². The van der Waals surface area contributed by atoms with Gasteiger partial charge in [-0.2, -0.15) is 0 Å². The second-order valence-corrected chi connectivity index (χ2v) is 7.20. The van der Waals surface area contributed by atoms with Crippen LogP contribution in [0.4, 0.5) is 11.4 Å². The monoisotopic (exact) mass is 416 g/mol. The number of hydrogen-bond acceptors (Lipinski definition) is 5. The van der Waals surface area contributed by atoms with Gasteiger partial charge in [0.2, 0.25) is 5.91 Å². The predicted molar refractivity (Wildman–Crippen MR) is 110 cm³/mol. The van der Waals surface area contributed by atoms with Crippen molar-refractivity contribution in [1.82, 2.24) is 10.2 Å². The Kier molecular flexibility index (Phi) is 6.33. The van der Waals surface area contributed by atoms with Gasteiger partial charge in [-0.1, -0.05) is 29.8 Å². The van der Waals surface area contributed by atoms with Gasteiger partial charge in [0.15, 0.2) is 0 Å². The van der Waals surface area contributed by atoms with Gasteiger partial charge in [0, 0.05) is 42.5 Å². The maximum atomic E-state index is 12.5. The first kappa shape index (κ1) is 20.6. The summed E-state index contributed by atoms with van der Waals surface area (Å²) >= 11 is 6.03. The standard InChI is InChI=1S/C20H21ClN4O4/c1-14-4-2-7-17(19(14)25(28)29)20(27)22-13-18(26)24-10-8-23(9-11-24)16-6-3-5-15(21)12-16/h2-7,12H,8-11,13H2,1H3,(H,22,27). The molecule has 1 heterocycles. The molecule has 0 unspecified atom stereocenters. The number of piperazine rings is 1. The molecule has 0 atom stereocenters. The summed E-state index contributed by atoms with van der Waals surface area (Å²) in [6.07, 6.45) is 0. The molecule has 1 fully saturated rings. The van der Waals surface area contributed by atoms with Crippen molar-refractivity contribution in [3.05, 3.63) is 68.7 Å². The van der Waals surface area contributed by atoms with Crippen molar-refractivity contribution in [2.24, 2.45) is 0 Å². The Morgan fingerprint density at radius 1 is 1.14 bits per heavy atom. The number of nitrogens with zero attached hydrogens (tertiary/aromatic N) is 3. The van der Waals surface area contributed by atoms with Crippen LogP contribution in [0.15, 0.2) is 42.5 Å².